The number of amides is 1. The molecule has 0 aliphatic carbocycles. The van der Waals surface area contributed by atoms with Gasteiger partial charge in [-0.1, -0.05) is 0 Å². The van der Waals surface area contributed by atoms with Crippen LogP contribution < -0.4 is 10.6 Å². The van der Waals surface area contributed by atoms with Crippen LogP contribution in [0, 0.1) is 0 Å². The highest BCUT2D eigenvalue weighted by Crippen LogP contribution is 2.30. The maximum absolute atomic E-state index is 13.0. The first kappa shape index (κ1) is 18.9. The SMILES string of the molecule is Cl.NC[C@@H]1CCCCN1C(=O)C1=CN(c2ncnc3nc[nH]c23)CCS1. The lowest BCUT2D eigenvalue weighted by molar-refractivity contribution is -0.129. The normalized spacial score (nSPS) is 20.7. The Morgan fingerprint density at radius 3 is 3.04 bits per heavy atom. The number of nitrogens with two attached hydrogens (primary N) is 1. The molecule has 8 nitrogen and oxygen atoms in total. The number of fused-ring (bicyclic) bond motifs is 1. The molecule has 3 N–H and O–H groups in total. The summed E-state index contributed by atoms with van der Waals surface area (Å²) in [5.74, 6) is 1.67. The number of halogens is 1. The summed E-state index contributed by atoms with van der Waals surface area (Å²) in [4.78, 5) is 33.5. The van der Waals surface area contributed by atoms with Crippen LogP contribution in [-0.2, 0) is 4.79 Å². The third-order valence-electron chi connectivity index (χ3n) is 4.71. The van der Waals surface area contributed by atoms with Gasteiger partial charge in [0.1, 0.15) is 11.8 Å². The monoisotopic (exact) mass is 395 g/mol. The number of carbonyl (C=O) groups is 1. The standard InChI is InChI=1S/C16H21N7OS.ClH/c17-7-11-3-1-2-4-23(11)16(24)12-8-22(5-6-25-12)15-13-14(19-9-18-13)20-10-21-15;/h8-11H,1-7,17H2,(H,18,19,20,21);1H/t11-;/m0./s1. The number of anilines is 1. The lowest BCUT2D eigenvalue weighted by Gasteiger charge is -2.36. The lowest BCUT2D eigenvalue weighted by atomic mass is 10.0. The van der Waals surface area contributed by atoms with Crippen molar-refractivity contribution in [2.75, 3.05) is 30.3 Å². The van der Waals surface area contributed by atoms with E-state index in [1.54, 1.807) is 18.1 Å². The molecule has 2 aromatic heterocycles. The van der Waals surface area contributed by atoms with Crippen LogP contribution in [0.4, 0.5) is 5.82 Å². The first-order valence-electron chi connectivity index (χ1n) is 8.54. The van der Waals surface area contributed by atoms with Crippen molar-refractivity contribution >= 4 is 47.1 Å². The van der Waals surface area contributed by atoms with E-state index in [4.69, 9.17) is 5.73 Å². The van der Waals surface area contributed by atoms with Gasteiger partial charge in [0.2, 0.25) is 0 Å². The van der Waals surface area contributed by atoms with Gasteiger partial charge < -0.3 is 20.5 Å². The maximum Gasteiger partial charge on any atom is 0.262 e. The average Bonchev–Trinajstić information content (AvgIpc) is 3.16. The van der Waals surface area contributed by atoms with Crippen LogP contribution in [0.25, 0.3) is 11.2 Å². The molecule has 0 aromatic carbocycles. The second kappa shape index (κ2) is 8.24. The van der Waals surface area contributed by atoms with Gasteiger partial charge >= 0.3 is 0 Å². The molecule has 0 radical (unpaired) electrons. The third kappa shape index (κ3) is 3.51. The van der Waals surface area contributed by atoms with Gasteiger partial charge in [-0.15, -0.1) is 24.2 Å². The minimum atomic E-state index is 0. The van der Waals surface area contributed by atoms with E-state index in [9.17, 15) is 4.79 Å². The summed E-state index contributed by atoms with van der Waals surface area (Å²) in [6.07, 6.45) is 8.20. The van der Waals surface area contributed by atoms with Crippen molar-refractivity contribution in [3.63, 3.8) is 0 Å². The molecular formula is C16H22ClN7OS. The Labute approximate surface area is 162 Å². The van der Waals surface area contributed by atoms with Crippen LogP contribution in [0.3, 0.4) is 0 Å². The number of carbonyl (C=O) groups excluding carboxylic acids is 1. The highest BCUT2D eigenvalue weighted by atomic mass is 35.5. The average molecular weight is 396 g/mol. The fraction of sp³-hybridized carbons (Fsp3) is 0.500. The molecule has 2 aliphatic rings. The van der Waals surface area contributed by atoms with Gasteiger partial charge in [-0.2, -0.15) is 0 Å². The van der Waals surface area contributed by atoms with E-state index >= 15 is 0 Å². The van der Waals surface area contributed by atoms with Crippen molar-refractivity contribution in [2.24, 2.45) is 5.73 Å². The zero-order valence-electron chi connectivity index (χ0n) is 14.3. The van der Waals surface area contributed by atoms with Crippen LogP contribution in [-0.4, -0.2) is 62.2 Å². The number of imidazole rings is 1. The van der Waals surface area contributed by atoms with E-state index in [1.807, 2.05) is 16.0 Å². The number of rotatable bonds is 3. The molecule has 0 saturated carbocycles. The van der Waals surface area contributed by atoms with Crippen molar-refractivity contribution in [3.8, 4) is 0 Å². The van der Waals surface area contributed by atoms with Crippen molar-refractivity contribution in [2.45, 2.75) is 25.3 Å². The summed E-state index contributed by atoms with van der Waals surface area (Å²) in [6.45, 7) is 2.10. The van der Waals surface area contributed by atoms with Gasteiger partial charge in [0.05, 0.1) is 11.2 Å². The Morgan fingerprint density at radius 1 is 1.31 bits per heavy atom. The summed E-state index contributed by atoms with van der Waals surface area (Å²) in [6, 6.07) is 0.150. The Kier molecular flexibility index (Phi) is 6.00. The predicted molar refractivity (Wildman–Crippen MR) is 105 cm³/mol. The number of H-pyrrole nitrogens is 1. The first-order valence-corrected chi connectivity index (χ1v) is 9.53. The fourth-order valence-electron chi connectivity index (χ4n) is 3.41. The van der Waals surface area contributed by atoms with E-state index in [2.05, 4.69) is 19.9 Å². The van der Waals surface area contributed by atoms with Crippen LogP contribution in [0.1, 0.15) is 19.3 Å². The minimum absolute atomic E-state index is 0. The molecule has 1 saturated heterocycles. The molecule has 2 aromatic rings. The smallest absolute Gasteiger partial charge is 0.262 e. The van der Waals surface area contributed by atoms with E-state index in [1.165, 1.54) is 6.33 Å². The largest absolute Gasteiger partial charge is 0.340 e. The molecule has 0 bridgehead atoms. The molecule has 4 rings (SSSR count). The highest BCUT2D eigenvalue weighted by Gasteiger charge is 2.30. The number of hydrogen-bond donors (Lipinski definition) is 2. The molecule has 140 valence electrons. The Bertz CT molecular complexity index is 811. The van der Waals surface area contributed by atoms with Gasteiger partial charge in [0.25, 0.3) is 5.91 Å². The molecule has 4 heterocycles. The van der Waals surface area contributed by atoms with E-state index in [0.717, 1.165) is 54.3 Å². The highest BCUT2D eigenvalue weighted by molar-refractivity contribution is 8.04. The number of likely N-dealkylation sites (tertiary alicyclic amines) is 1. The van der Waals surface area contributed by atoms with Crippen LogP contribution >= 0.6 is 24.2 Å². The second-order valence-corrected chi connectivity index (χ2v) is 7.35. The number of aromatic amines is 1. The molecule has 26 heavy (non-hydrogen) atoms. The van der Waals surface area contributed by atoms with Crippen LogP contribution in [0.2, 0.25) is 0 Å². The second-order valence-electron chi connectivity index (χ2n) is 6.22. The summed E-state index contributed by atoms with van der Waals surface area (Å²) in [5.41, 5.74) is 7.29. The van der Waals surface area contributed by atoms with Crippen molar-refractivity contribution in [1.29, 1.82) is 0 Å². The van der Waals surface area contributed by atoms with Gasteiger partial charge in [-0.05, 0) is 19.3 Å². The van der Waals surface area contributed by atoms with Gasteiger partial charge in [-0.3, -0.25) is 4.79 Å². The zero-order valence-corrected chi connectivity index (χ0v) is 15.9. The number of nitrogens with zero attached hydrogens (tertiary/aromatic N) is 5. The number of nitrogens with one attached hydrogen (secondary N) is 1. The van der Waals surface area contributed by atoms with E-state index < -0.39 is 0 Å². The first-order chi connectivity index (χ1) is 12.3. The molecular weight excluding hydrogens is 374 g/mol. The van der Waals surface area contributed by atoms with Crippen molar-refractivity contribution in [3.05, 3.63) is 23.8 Å². The van der Waals surface area contributed by atoms with Crippen LogP contribution in [0.15, 0.2) is 23.8 Å². The third-order valence-corrected chi connectivity index (χ3v) is 5.69. The molecule has 10 heteroatoms. The molecule has 1 fully saturated rings. The summed E-state index contributed by atoms with van der Waals surface area (Å²) < 4.78 is 0. The summed E-state index contributed by atoms with van der Waals surface area (Å²) >= 11 is 1.60. The molecule has 1 amide bonds. The van der Waals surface area contributed by atoms with Gasteiger partial charge in [0, 0.05) is 37.6 Å². The Balaban J connectivity index is 0.00000196. The molecule has 2 aliphatic heterocycles. The van der Waals surface area contributed by atoms with E-state index in [0.29, 0.717) is 12.2 Å². The predicted octanol–water partition coefficient (Wildman–Crippen LogP) is 1.51. The van der Waals surface area contributed by atoms with Crippen molar-refractivity contribution in [1.82, 2.24) is 24.8 Å². The minimum Gasteiger partial charge on any atom is -0.340 e. The van der Waals surface area contributed by atoms with Crippen molar-refractivity contribution < 1.29 is 4.79 Å². The lowest BCUT2D eigenvalue weighted by Crippen LogP contribution is -2.48. The Hall–Kier alpha value is -1.84. The maximum atomic E-state index is 13.0. The molecule has 0 unspecified atom stereocenters. The van der Waals surface area contributed by atoms with Gasteiger partial charge in [0.15, 0.2) is 11.5 Å². The summed E-state index contributed by atoms with van der Waals surface area (Å²) in [5, 5.41) is 0. The quantitative estimate of drug-likeness (QED) is 0.811. The number of aromatic nitrogens is 4. The van der Waals surface area contributed by atoms with Crippen LogP contribution in [0.5, 0.6) is 0 Å². The number of hydrogen-bond acceptors (Lipinski definition) is 7. The topological polar surface area (TPSA) is 104 Å². The zero-order chi connectivity index (χ0) is 17.2. The number of thioether (sulfide) groups is 1. The van der Waals surface area contributed by atoms with Gasteiger partial charge in [-0.25, -0.2) is 15.0 Å². The fourth-order valence-corrected chi connectivity index (χ4v) is 4.36. The molecule has 0 spiro atoms. The summed E-state index contributed by atoms with van der Waals surface area (Å²) in [7, 11) is 0. The Morgan fingerprint density at radius 2 is 2.19 bits per heavy atom. The number of piperidine rings is 1. The van der Waals surface area contributed by atoms with E-state index in [-0.39, 0.29) is 24.4 Å². The molecule has 1 atom stereocenters.